The van der Waals surface area contributed by atoms with Crippen LogP contribution < -0.4 is 0 Å². The molecule has 0 unspecified atom stereocenters. The number of hydrogen-bond donors (Lipinski definition) is 0. The molecule has 1 heterocycles. The summed E-state index contributed by atoms with van der Waals surface area (Å²) in [5.74, 6) is 0. The van der Waals surface area contributed by atoms with E-state index in [1.807, 2.05) is 0 Å². The largest absolute Gasteiger partial charge is 0.144 e. The third kappa shape index (κ3) is 1.66. The molecule has 0 nitrogen and oxygen atoms in total. The Balaban J connectivity index is 2.22. The van der Waals surface area contributed by atoms with Gasteiger partial charge in [0, 0.05) is 10.4 Å². The Morgan fingerprint density at radius 1 is 0.632 bits per heavy atom. The van der Waals surface area contributed by atoms with Crippen LogP contribution in [-0.2, 0) is 0 Å². The molecule has 3 aromatic carbocycles. The molecule has 0 aliphatic heterocycles. The summed E-state index contributed by atoms with van der Waals surface area (Å²) >= 11 is 1.80. The van der Waals surface area contributed by atoms with Gasteiger partial charge in [0.2, 0.25) is 0 Å². The van der Waals surface area contributed by atoms with Gasteiger partial charge in [-0.2, -0.15) is 0 Å². The fourth-order valence-electron chi connectivity index (χ4n) is 2.69. The Kier molecular flexibility index (Phi) is 2.39. The van der Waals surface area contributed by atoms with Crippen LogP contribution >= 0.6 is 11.3 Å². The van der Waals surface area contributed by atoms with Gasteiger partial charge >= 0.3 is 0 Å². The summed E-state index contributed by atoms with van der Waals surface area (Å²) in [4.78, 5) is 1.34. The van der Waals surface area contributed by atoms with Gasteiger partial charge in [0.25, 0.3) is 0 Å². The van der Waals surface area contributed by atoms with Crippen LogP contribution in [0.2, 0.25) is 0 Å². The van der Waals surface area contributed by atoms with Crippen molar-refractivity contribution in [1.29, 1.82) is 0 Å². The van der Waals surface area contributed by atoms with Crippen molar-refractivity contribution in [1.82, 2.24) is 0 Å². The molecule has 0 N–H and O–H groups in total. The first kappa shape index (κ1) is 10.8. The van der Waals surface area contributed by atoms with Gasteiger partial charge in [-0.15, -0.1) is 11.3 Å². The van der Waals surface area contributed by atoms with E-state index in [-0.39, 0.29) is 0 Å². The van der Waals surface area contributed by atoms with Crippen molar-refractivity contribution in [2.75, 3.05) is 0 Å². The molecule has 19 heavy (non-hydrogen) atoms. The summed E-state index contributed by atoms with van der Waals surface area (Å²) in [5.41, 5.74) is 1.34. The highest BCUT2D eigenvalue weighted by atomic mass is 32.1. The van der Waals surface area contributed by atoms with Crippen molar-refractivity contribution in [2.24, 2.45) is 0 Å². The van der Waals surface area contributed by atoms with Crippen LogP contribution in [0.1, 0.15) is 0 Å². The molecule has 4 aromatic rings. The van der Waals surface area contributed by atoms with E-state index in [0.29, 0.717) is 0 Å². The van der Waals surface area contributed by atoms with Gasteiger partial charge in [-0.05, 0) is 39.1 Å². The predicted octanol–water partition coefficient (Wildman–Crippen LogP) is 5.72. The molecule has 1 heteroatoms. The van der Waals surface area contributed by atoms with Gasteiger partial charge in [-0.25, -0.2) is 0 Å². The van der Waals surface area contributed by atoms with Crippen molar-refractivity contribution in [3.8, 4) is 10.4 Å². The highest BCUT2D eigenvalue weighted by molar-refractivity contribution is 7.13. The molecule has 0 aliphatic rings. The number of rotatable bonds is 1. The van der Waals surface area contributed by atoms with Crippen molar-refractivity contribution in [2.45, 2.75) is 0 Å². The molecule has 0 fully saturated rings. The number of fused-ring (bicyclic) bond motifs is 3. The summed E-state index contributed by atoms with van der Waals surface area (Å²) in [7, 11) is 0. The normalized spacial score (nSPS) is 11.2. The fraction of sp³-hybridized carbons (Fsp3) is 0. The van der Waals surface area contributed by atoms with Crippen LogP contribution in [0.5, 0.6) is 0 Å². The van der Waals surface area contributed by atoms with Crippen molar-refractivity contribution < 1.29 is 0 Å². The third-order valence-electron chi connectivity index (χ3n) is 3.55. The van der Waals surface area contributed by atoms with Crippen LogP contribution in [0.25, 0.3) is 32.0 Å². The molecular formula is C18H12S. The molecule has 0 amide bonds. The van der Waals surface area contributed by atoms with Crippen LogP contribution in [0.4, 0.5) is 0 Å². The van der Waals surface area contributed by atoms with Crippen molar-refractivity contribution >= 4 is 32.9 Å². The molecule has 4 rings (SSSR count). The van der Waals surface area contributed by atoms with E-state index >= 15 is 0 Å². The Hall–Kier alpha value is -2.12. The first-order valence-corrected chi connectivity index (χ1v) is 7.26. The second-order valence-corrected chi connectivity index (χ2v) is 5.62. The van der Waals surface area contributed by atoms with Gasteiger partial charge in [-0.3, -0.25) is 0 Å². The Morgan fingerprint density at radius 2 is 1.37 bits per heavy atom. The minimum atomic E-state index is 1.31. The first-order chi connectivity index (χ1) is 9.43. The standard InChI is InChI=1S/C18H12S/c1-2-7-14-13(6-1)12-17(18-10-5-11-19-18)16-9-4-3-8-15(14)16/h1-12H. The summed E-state index contributed by atoms with van der Waals surface area (Å²) in [5, 5.41) is 7.45. The lowest BCUT2D eigenvalue weighted by Gasteiger charge is -2.09. The first-order valence-electron chi connectivity index (χ1n) is 6.38. The Bertz CT molecular complexity index is 857. The Labute approximate surface area is 115 Å². The SMILES string of the molecule is c1csc(-c2cc3ccccc3c3ccccc23)c1. The maximum Gasteiger partial charge on any atom is 0.0349 e. The highest BCUT2D eigenvalue weighted by Crippen LogP contribution is 2.36. The minimum absolute atomic E-state index is 1.31. The van der Waals surface area contributed by atoms with Crippen molar-refractivity contribution in [3.05, 3.63) is 72.1 Å². The van der Waals surface area contributed by atoms with E-state index in [1.165, 1.54) is 32.0 Å². The van der Waals surface area contributed by atoms with Gasteiger partial charge in [0.1, 0.15) is 0 Å². The highest BCUT2D eigenvalue weighted by Gasteiger charge is 2.08. The zero-order valence-corrected chi connectivity index (χ0v) is 11.2. The summed E-state index contributed by atoms with van der Waals surface area (Å²) in [6, 6.07) is 23.9. The zero-order valence-electron chi connectivity index (χ0n) is 10.3. The molecule has 0 saturated carbocycles. The maximum atomic E-state index is 2.31. The molecule has 1 aromatic heterocycles. The van der Waals surface area contributed by atoms with E-state index in [4.69, 9.17) is 0 Å². The minimum Gasteiger partial charge on any atom is -0.144 e. The molecule has 0 spiro atoms. The summed E-state index contributed by atoms with van der Waals surface area (Å²) < 4.78 is 0. The van der Waals surface area contributed by atoms with E-state index in [0.717, 1.165) is 0 Å². The number of benzene rings is 3. The van der Waals surface area contributed by atoms with Gasteiger partial charge < -0.3 is 0 Å². The lowest BCUT2D eigenvalue weighted by Crippen LogP contribution is -1.81. The average Bonchev–Trinajstić information content (AvgIpc) is 3.00. The van der Waals surface area contributed by atoms with E-state index in [1.54, 1.807) is 11.3 Å². The Morgan fingerprint density at radius 3 is 2.16 bits per heavy atom. The van der Waals surface area contributed by atoms with Crippen LogP contribution in [0.3, 0.4) is 0 Å². The van der Waals surface area contributed by atoms with Gasteiger partial charge in [0.15, 0.2) is 0 Å². The molecule has 0 bridgehead atoms. The van der Waals surface area contributed by atoms with E-state index < -0.39 is 0 Å². The molecular weight excluding hydrogens is 248 g/mol. The second-order valence-electron chi connectivity index (χ2n) is 4.67. The monoisotopic (exact) mass is 260 g/mol. The van der Waals surface area contributed by atoms with E-state index in [9.17, 15) is 0 Å². The molecule has 0 atom stereocenters. The molecule has 0 aliphatic carbocycles. The topological polar surface area (TPSA) is 0 Å². The lowest BCUT2D eigenvalue weighted by atomic mass is 9.96. The maximum absolute atomic E-state index is 2.31. The zero-order chi connectivity index (χ0) is 12.7. The van der Waals surface area contributed by atoms with E-state index in [2.05, 4.69) is 72.1 Å². The average molecular weight is 260 g/mol. The fourth-order valence-corrected chi connectivity index (χ4v) is 3.45. The smallest absolute Gasteiger partial charge is 0.0349 e. The van der Waals surface area contributed by atoms with Gasteiger partial charge in [-0.1, -0.05) is 54.6 Å². The third-order valence-corrected chi connectivity index (χ3v) is 4.46. The van der Waals surface area contributed by atoms with Crippen LogP contribution in [-0.4, -0.2) is 0 Å². The van der Waals surface area contributed by atoms with Gasteiger partial charge in [0.05, 0.1) is 0 Å². The number of hydrogen-bond acceptors (Lipinski definition) is 1. The van der Waals surface area contributed by atoms with Crippen molar-refractivity contribution in [3.63, 3.8) is 0 Å². The van der Waals surface area contributed by atoms with Crippen LogP contribution in [0, 0.1) is 0 Å². The molecule has 90 valence electrons. The predicted molar refractivity (Wildman–Crippen MR) is 84.8 cm³/mol. The summed E-state index contributed by atoms with van der Waals surface area (Å²) in [6.07, 6.45) is 0. The summed E-state index contributed by atoms with van der Waals surface area (Å²) in [6.45, 7) is 0. The van der Waals surface area contributed by atoms with Crippen LogP contribution in [0.15, 0.2) is 72.1 Å². The molecule has 0 radical (unpaired) electrons. The second kappa shape index (κ2) is 4.22. The molecule has 0 saturated heterocycles. The number of thiophene rings is 1. The lowest BCUT2D eigenvalue weighted by molar-refractivity contribution is 1.75. The quantitative estimate of drug-likeness (QED) is 0.384.